The van der Waals surface area contributed by atoms with E-state index in [2.05, 4.69) is 5.32 Å². The van der Waals surface area contributed by atoms with Crippen molar-refractivity contribution in [2.24, 2.45) is 5.73 Å². The zero-order valence-electron chi connectivity index (χ0n) is 12.6. The molecular formula is C15H24ClN3O2. The molecular weight excluding hydrogens is 290 g/mol. The second-order valence-electron chi connectivity index (χ2n) is 4.72. The molecule has 118 valence electrons. The van der Waals surface area contributed by atoms with Crippen LogP contribution in [0.3, 0.4) is 0 Å². The molecule has 1 aromatic carbocycles. The number of nitrogens with one attached hydrogen (secondary N) is 1. The number of amides is 2. The standard InChI is InChI=1S/C15H23N3O2.ClH/c1-3-10-18(15(20)8-9-16)11-14(19)17-13-7-5-4-6-12(13)2;/h4-7H,3,8-11,16H2,1-2H3,(H,17,19);1H. The van der Waals surface area contributed by atoms with E-state index in [9.17, 15) is 9.59 Å². The molecule has 0 heterocycles. The van der Waals surface area contributed by atoms with Crippen LogP contribution in [0.1, 0.15) is 25.3 Å². The van der Waals surface area contributed by atoms with Gasteiger partial charge in [-0.1, -0.05) is 25.1 Å². The summed E-state index contributed by atoms with van der Waals surface area (Å²) in [7, 11) is 0. The fourth-order valence-electron chi connectivity index (χ4n) is 1.92. The molecule has 0 spiro atoms. The van der Waals surface area contributed by atoms with Crippen molar-refractivity contribution < 1.29 is 9.59 Å². The summed E-state index contributed by atoms with van der Waals surface area (Å²) in [5.74, 6) is -0.257. The van der Waals surface area contributed by atoms with Crippen molar-refractivity contribution in [1.29, 1.82) is 0 Å². The number of benzene rings is 1. The van der Waals surface area contributed by atoms with Crippen molar-refractivity contribution in [3.63, 3.8) is 0 Å². The monoisotopic (exact) mass is 313 g/mol. The van der Waals surface area contributed by atoms with Gasteiger partial charge in [0.15, 0.2) is 0 Å². The van der Waals surface area contributed by atoms with Crippen LogP contribution in [0.5, 0.6) is 0 Å². The number of nitrogens with two attached hydrogens (primary N) is 1. The van der Waals surface area contributed by atoms with Gasteiger partial charge < -0.3 is 16.0 Å². The third-order valence-corrected chi connectivity index (χ3v) is 2.96. The molecule has 0 radical (unpaired) electrons. The number of hydrogen-bond donors (Lipinski definition) is 2. The molecule has 0 unspecified atom stereocenters. The fourth-order valence-corrected chi connectivity index (χ4v) is 1.92. The number of carbonyl (C=O) groups excluding carboxylic acids is 2. The molecule has 0 bridgehead atoms. The van der Waals surface area contributed by atoms with Crippen LogP contribution < -0.4 is 11.1 Å². The Bertz CT molecular complexity index is 466. The molecule has 0 aromatic heterocycles. The van der Waals surface area contributed by atoms with E-state index in [0.717, 1.165) is 17.7 Å². The second kappa shape index (κ2) is 10.2. The normalized spacial score (nSPS) is 9.67. The molecule has 6 heteroatoms. The Balaban J connectivity index is 0.00000400. The summed E-state index contributed by atoms with van der Waals surface area (Å²) in [5.41, 5.74) is 7.16. The first-order chi connectivity index (χ1) is 9.58. The summed E-state index contributed by atoms with van der Waals surface area (Å²) >= 11 is 0. The maximum atomic E-state index is 12.0. The second-order valence-corrected chi connectivity index (χ2v) is 4.72. The van der Waals surface area contributed by atoms with Crippen molar-refractivity contribution in [2.45, 2.75) is 26.7 Å². The summed E-state index contributed by atoms with van der Waals surface area (Å²) in [4.78, 5) is 25.4. The Morgan fingerprint density at radius 3 is 2.52 bits per heavy atom. The predicted octanol–water partition coefficient (Wildman–Crippen LogP) is 1.94. The number of halogens is 1. The lowest BCUT2D eigenvalue weighted by Crippen LogP contribution is -2.39. The molecule has 21 heavy (non-hydrogen) atoms. The smallest absolute Gasteiger partial charge is 0.244 e. The molecule has 3 N–H and O–H groups in total. The van der Waals surface area contributed by atoms with Gasteiger partial charge in [-0.05, 0) is 25.0 Å². The van der Waals surface area contributed by atoms with Gasteiger partial charge in [0.1, 0.15) is 0 Å². The topological polar surface area (TPSA) is 75.4 Å². The molecule has 0 aliphatic heterocycles. The maximum absolute atomic E-state index is 12.0. The van der Waals surface area contributed by atoms with Crippen LogP contribution in [0.25, 0.3) is 0 Å². The van der Waals surface area contributed by atoms with E-state index >= 15 is 0 Å². The largest absolute Gasteiger partial charge is 0.333 e. The molecule has 1 aromatic rings. The quantitative estimate of drug-likeness (QED) is 0.808. The van der Waals surface area contributed by atoms with Gasteiger partial charge in [-0.15, -0.1) is 12.4 Å². The average Bonchev–Trinajstić information content (AvgIpc) is 2.41. The van der Waals surface area contributed by atoms with E-state index < -0.39 is 0 Å². The number of aryl methyl sites for hydroxylation is 1. The molecule has 0 saturated heterocycles. The summed E-state index contributed by atoms with van der Waals surface area (Å²) in [6.45, 7) is 4.85. The zero-order valence-corrected chi connectivity index (χ0v) is 13.4. The lowest BCUT2D eigenvalue weighted by molar-refractivity contribution is -0.134. The minimum atomic E-state index is -0.182. The van der Waals surface area contributed by atoms with Gasteiger partial charge in [0.05, 0.1) is 6.54 Å². The molecule has 0 fully saturated rings. The Kier molecular flexibility index (Phi) is 9.41. The Morgan fingerprint density at radius 1 is 1.29 bits per heavy atom. The number of anilines is 1. The van der Waals surface area contributed by atoms with Gasteiger partial charge >= 0.3 is 0 Å². The molecule has 0 saturated carbocycles. The van der Waals surface area contributed by atoms with E-state index in [1.165, 1.54) is 0 Å². The number of nitrogens with zero attached hydrogens (tertiary/aromatic N) is 1. The van der Waals surface area contributed by atoms with Crippen molar-refractivity contribution >= 4 is 29.9 Å². The van der Waals surface area contributed by atoms with E-state index in [1.54, 1.807) is 4.90 Å². The van der Waals surface area contributed by atoms with E-state index in [-0.39, 0.29) is 37.2 Å². The highest BCUT2D eigenvalue weighted by molar-refractivity contribution is 5.95. The van der Waals surface area contributed by atoms with Crippen LogP contribution in [0.4, 0.5) is 5.69 Å². The lowest BCUT2D eigenvalue weighted by Gasteiger charge is -2.21. The highest BCUT2D eigenvalue weighted by Gasteiger charge is 2.16. The molecule has 0 aliphatic carbocycles. The first kappa shape index (κ1) is 19.4. The highest BCUT2D eigenvalue weighted by Crippen LogP contribution is 2.13. The van der Waals surface area contributed by atoms with Crippen LogP contribution in [-0.4, -0.2) is 36.3 Å². The van der Waals surface area contributed by atoms with Crippen molar-refractivity contribution in [1.82, 2.24) is 4.90 Å². The van der Waals surface area contributed by atoms with Crippen molar-refractivity contribution in [2.75, 3.05) is 25.0 Å². The Hall–Kier alpha value is -1.59. The van der Waals surface area contributed by atoms with E-state index in [1.807, 2.05) is 38.1 Å². The van der Waals surface area contributed by atoms with Crippen molar-refractivity contribution in [3.8, 4) is 0 Å². The Labute approximate surface area is 132 Å². The SMILES string of the molecule is CCCN(CC(=O)Nc1ccccc1C)C(=O)CCN.Cl. The van der Waals surface area contributed by atoms with Gasteiger partial charge in [0.2, 0.25) is 11.8 Å². The summed E-state index contributed by atoms with van der Waals surface area (Å²) in [6, 6.07) is 7.56. The maximum Gasteiger partial charge on any atom is 0.244 e. The van der Waals surface area contributed by atoms with Crippen molar-refractivity contribution in [3.05, 3.63) is 29.8 Å². The van der Waals surface area contributed by atoms with Gasteiger partial charge in [0.25, 0.3) is 0 Å². The van der Waals surface area contributed by atoms with E-state index in [0.29, 0.717) is 13.1 Å². The van der Waals surface area contributed by atoms with E-state index in [4.69, 9.17) is 5.73 Å². The average molecular weight is 314 g/mol. The lowest BCUT2D eigenvalue weighted by atomic mass is 10.2. The van der Waals surface area contributed by atoms with Gasteiger partial charge in [-0.25, -0.2) is 0 Å². The summed E-state index contributed by atoms with van der Waals surface area (Å²) in [6.07, 6.45) is 1.09. The minimum Gasteiger partial charge on any atom is -0.333 e. The molecule has 5 nitrogen and oxygen atoms in total. The third-order valence-electron chi connectivity index (χ3n) is 2.96. The van der Waals surface area contributed by atoms with Gasteiger partial charge in [-0.2, -0.15) is 0 Å². The highest BCUT2D eigenvalue weighted by atomic mass is 35.5. The van der Waals surface area contributed by atoms with Gasteiger partial charge in [-0.3, -0.25) is 9.59 Å². The first-order valence-corrected chi connectivity index (χ1v) is 6.91. The van der Waals surface area contributed by atoms with Gasteiger partial charge in [0, 0.05) is 25.2 Å². The number of para-hydroxylation sites is 1. The Morgan fingerprint density at radius 2 is 1.95 bits per heavy atom. The van der Waals surface area contributed by atoms with Crippen LogP contribution in [-0.2, 0) is 9.59 Å². The number of carbonyl (C=O) groups is 2. The van der Waals surface area contributed by atoms with Crippen LogP contribution >= 0.6 is 12.4 Å². The number of rotatable bonds is 7. The van der Waals surface area contributed by atoms with Crippen LogP contribution in [0.15, 0.2) is 24.3 Å². The zero-order chi connectivity index (χ0) is 15.0. The molecule has 0 aliphatic rings. The number of hydrogen-bond acceptors (Lipinski definition) is 3. The predicted molar refractivity (Wildman–Crippen MR) is 87.6 cm³/mol. The van der Waals surface area contributed by atoms with Crippen LogP contribution in [0, 0.1) is 6.92 Å². The molecule has 1 rings (SSSR count). The minimum absolute atomic E-state index is 0. The summed E-state index contributed by atoms with van der Waals surface area (Å²) in [5, 5.41) is 2.83. The summed E-state index contributed by atoms with van der Waals surface area (Å²) < 4.78 is 0. The fraction of sp³-hybridized carbons (Fsp3) is 0.467. The first-order valence-electron chi connectivity index (χ1n) is 6.91. The molecule has 0 atom stereocenters. The third kappa shape index (κ3) is 6.60. The van der Waals surface area contributed by atoms with Crippen LogP contribution in [0.2, 0.25) is 0 Å². The molecule has 2 amide bonds.